The Labute approximate surface area is 199 Å². The van der Waals surface area contributed by atoms with Crippen molar-refractivity contribution in [3.63, 3.8) is 0 Å². The second-order valence-electron chi connectivity index (χ2n) is 8.50. The van der Waals surface area contributed by atoms with E-state index >= 15 is 0 Å². The van der Waals surface area contributed by atoms with Crippen molar-refractivity contribution in [3.05, 3.63) is 95.0 Å². The van der Waals surface area contributed by atoms with E-state index in [-0.39, 0.29) is 17.9 Å². The molecule has 1 fully saturated rings. The molecular weight excluding hydrogens is 430 g/mol. The Morgan fingerprint density at radius 3 is 2.56 bits per heavy atom. The number of aliphatic hydroxyl groups excluding tert-OH is 1. The van der Waals surface area contributed by atoms with Crippen molar-refractivity contribution in [2.75, 3.05) is 6.61 Å². The van der Waals surface area contributed by atoms with Gasteiger partial charge in [0.2, 0.25) is 0 Å². The number of ketones is 1. The summed E-state index contributed by atoms with van der Waals surface area (Å²) in [7, 11) is 0. The Morgan fingerprint density at radius 1 is 1.06 bits per heavy atom. The van der Waals surface area contributed by atoms with E-state index in [0.717, 1.165) is 24.8 Å². The van der Waals surface area contributed by atoms with Crippen LogP contribution in [0.15, 0.2) is 76.9 Å². The zero-order valence-corrected chi connectivity index (χ0v) is 19.5. The number of hydrogen-bond acceptors (Lipinski definition) is 5. The first-order chi connectivity index (χ1) is 16.5. The van der Waals surface area contributed by atoms with Gasteiger partial charge in [-0.3, -0.25) is 9.59 Å². The maximum Gasteiger partial charge on any atom is 0.296 e. The number of carbonyl (C=O) groups is 2. The molecule has 0 radical (unpaired) electrons. The first-order valence-electron chi connectivity index (χ1n) is 11.6. The van der Waals surface area contributed by atoms with Gasteiger partial charge in [0.1, 0.15) is 17.3 Å². The van der Waals surface area contributed by atoms with Gasteiger partial charge < -0.3 is 19.2 Å². The maximum absolute atomic E-state index is 13.2. The number of nitrogens with zero attached hydrogens (tertiary/aromatic N) is 1. The van der Waals surface area contributed by atoms with Gasteiger partial charge in [-0.2, -0.15) is 0 Å². The molecule has 0 saturated carbocycles. The van der Waals surface area contributed by atoms with Crippen molar-refractivity contribution in [3.8, 4) is 5.75 Å². The molecule has 4 rings (SSSR count). The number of ether oxygens (including phenoxy) is 1. The molecule has 1 saturated heterocycles. The van der Waals surface area contributed by atoms with Gasteiger partial charge in [0.15, 0.2) is 0 Å². The summed E-state index contributed by atoms with van der Waals surface area (Å²) < 4.78 is 11.4. The van der Waals surface area contributed by atoms with Gasteiger partial charge in [0.25, 0.3) is 11.7 Å². The van der Waals surface area contributed by atoms with E-state index in [1.165, 1.54) is 11.2 Å². The smallest absolute Gasteiger partial charge is 0.296 e. The molecule has 3 aromatic rings. The van der Waals surface area contributed by atoms with Crippen LogP contribution in [0, 0.1) is 6.92 Å². The number of benzene rings is 2. The molecule has 0 aliphatic carbocycles. The SMILES string of the molecule is CCCCCOc1cccc(C2C(=C(O)c3ccc(C)cc3)C(=O)C(=O)N2Cc2ccco2)c1. The molecule has 1 aromatic heterocycles. The topological polar surface area (TPSA) is 80.0 Å². The number of carbonyl (C=O) groups excluding carboxylic acids is 2. The fourth-order valence-electron chi connectivity index (χ4n) is 4.14. The van der Waals surface area contributed by atoms with Crippen LogP contribution < -0.4 is 4.74 Å². The zero-order chi connectivity index (χ0) is 24.1. The summed E-state index contributed by atoms with van der Waals surface area (Å²) in [5.74, 6) is -0.380. The highest BCUT2D eigenvalue weighted by atomic mass is 16.5. The first-order valence-corrected chi connectivity index (χ1v) is 11.6. The lowest BCUT2D eigenvalue weighted by Crippen LogP contribution is -2.29. The predicted octanol–water partition coefficient (Wildman–Crippen LogP) is 5.78. The molecule has 0 bridgehead atoms. The van der Waals surface area contributed by atoms with E-state index in [1.807, 2.05) is 43.3 Å². The van der Waals surface area contributed by atoms with Crippen LogP contribution in [0.1, 0.15) is 54.7 Å². The molecule has 2 aromatic carbocycles. The monoisotopic (exact) mass is 459 g/mol. The van der Waals surface area contributed by atoms with Crippen molar-refractivity contribution >= 4 is 17.4 Å². The van der Waals surface area contributed by atoms with Gasteiger partial charge in [0, 0.05) is 5.56 Å². The molecule has 1 unspecified atom stereocenters. The van der Waals surface area contributed by atoms with Crippen molar-refractivity contribution in [2.45, 2.75) is 45.7 Å². The van der Waals surface area contributed by atoms with Crippen LogP contribution in [-0.4, -0.2) is 28.3 Å². The summed E-state index contributed by atoms with van der Waals surface area (Å²) in [5.41, 5.74) is 2.26. The van der Waals surface area contributed by atoms with Crippen molar-refractivity contribution in [1.82, 2.24) is 4.90 Å². The van der Waals surface area contributed by atoms with E-state index in [9.17, 15) is 14.7 Å². The standard InChI is InChI=1S/C28H29NO5/c1-3-4-5-15-33-22-9-6-8-21(17-22)25-24(26(30)20-13-11-19(2)12-14-20)27(31)28(32)29(25)18-23-10-7-16-34-23/h6-14,16-17,25,30H,3-5,15,18H2,1-2H3. The number of amides is 1. The van der Waals surface area contributed by atoms with Gasteiger partial charge in [-0.05, 0) is 43.2 Å². The van der Waals surface area contributed by atoms with E-state index in [0.29, 0.717) is 29.2 Å². The lowest BCUT2D eigenvalue weighted by atomic mass is 9.95. The number of aliphatic hydroxyl groups is 1. The fourth-order valence-corrected chi connectivity index (χ4v) is 4.14. The predicted molar refractivity (Wildman–Crippen MR) is 129 cm³/mol. The van der Waals surface area contributed by atoms with E-state index in [1.54, 1.807) is 24.3 Å². The number of hydrogen-bond donors (Lipinski definition) is 1. The molecule has 1 aliphatic rings. The van der Waals surface area contributed by atoms with Crippen LogP contribution in [0.2, 0.25) is 0 Å². The summed E-state index contributed by atoms with van der Waals surface area (Å²) in [6, 6.07) is 17.3. The summed E-state index contributed by atoms with van der Waals surface area (Å²) in [4.78, 5) is 27.7. The number of rotatable bonds is 9. The van der Waals surface area contributed by atoms with Crippen LogP contribution in [0.25, 0.3) is 5.76 Å². The minimum atomic E-state index is -0.773. The van der Waals surface area contributed by atoms with E-state index < -0.39 is 17.7 Å². The number of furan rings is 1. The van der Waals surface area contributed by atoms with Gasteiger partial charge in [-0.1, -0.05) is 61.7 Å². The molecular formula is C28H29NO5. The van der Waals surface area contributed by atoms with Gasteiger partial charge in [-0.15, -0.1) is 0 Å². The number of unbranched alkanes of at least 4 members (excludes halogenated alkanes) is 2. The Morgan fingerprint density at radius 2 is 1.85 bits per heavy atom. The summed E-state index contributed by atoms with van der Waals surface area (Å²) in [6.07, 6.45) is 4.66. The minimum absolute atomic E-state index is 0.0588. The average Bonchev–Trinajstić information content (AvgIpc) is 3.44. The Kier molecular flexibility index (Phi) is 7.16. The van der Waals surface area contributed by atoms with Crippen LogP contribution in [0.3, 0.4) is 0 Å². The molecule has 0 spiro atoms. The summed E-state index contributed by atoms with van der Waals surface area (Å²) in [5, 5.41) is 11.2. The highest BCUT2D eigenvalue weighted by Crippen LogP contribution is 2.41. The van der Waals surface area contributed by atoms with Gasteiger partial charge in [-0.25, -0.2) is 0 Å². The molecule has 1 atom stereocenters. The maximum atomic E-state index is 13.2. The third-order valence-electron chi connectivity index (χ3n) is 5.96. The Balaban J connectivity index is 1.76. The van der Waals surface area contributed by atoms with Crippen molar-refractivity contribution in [1.29, 1.82) is 0 Å². The molecule has 1 amide bonds. The Hall–Kier alpha value is -3.80. The molecule has 6 nitrogen and oxygen atoms in total. The largest absolute Gasteiger partial charge is 0.507 e. The van der Waals surface area contributed by atoms with E-state index in [4.69, 9.17) is 9.15 Å². The zero-order valence-electron chi connectivity index (χ0n) is 19.5. The fraction of sp³-hybridized carbons (Fsp3) is 0.286. The number of Topliss-reactive ketones (excluding diaryl/α,β-unsaturated/α-hetero) is 1. The number of aryl methyl sites for hydroxylation is 1. The minimum Gasteiger partial charge on any atom is -0.507 e. The molecule has 1 N–H and O–H groups in total. The normalized spacial score (nSPS) is 17.4. The van der Waals surface area contributed by atoms with Crippen molar-refractivity contribution in [2.24, 2.45) is 0 Å². The lowest BCUT2D eigenvalue weighted by Gasteiger charge is -2.25. The average molecular weight is 460 g/mol. The highest BCUT2D eigenvalue weighted by molar-refractivity contribution is 6.46. The van der Waals surface area contributed by atoms with Crippen LogP contribution in [0.5, 0.6) is 5.75 Å². The van der Waals surface area contributed by atoms with Crippen LogP contribution in [-0.2, 0) is 16.1 Å². The summed E-state index contributed by atoms with van der Waals surface area (Å²) >= 11 is 0. The first kappa shape index (κ1) is 23.4. The Bertz CT molecular complexity index is 1180. The van der Waals surface area contributed by atoms with E-state index in [2.05, 4.69) is 6.92 Å². The second kappa shape index (κ2) is 10.4. The highest BCUT2D eigenvalue weighted by Gasteiger charge is 2.46. The van der Waals surface area contributed by atoms with Gasteiger partial charge in [0.05, 0.1) is 31.0 Å². The molecule has 34 heavy (non-hydrogen) atoms. The second-order valence-corrected chi connectivity index (χ2v) is 8.50. The quantitative estimate of drug-likeness (QED) is 0.190. The van der Waals surface area contributed by atoms with Crippen LogP contribution >= 0.6 is 0 Å². The number of likely N-dealkylation sites (tertiary alicyclic amines) is 1. The third kappa shape index (κ3) is 4.91. The third-order valence-corrected chi connectivity index (χ3v) is 5.96. The molecule has 6 heteroatoms. The molecule has 2 heterocycles. The van der Waals surface area contributed by atoms with Crippen LogP contribution in [0.4, 0.5) is 0 Å². The molecule has 1 aliphatic heterocycles. The molecule has 176 valence electrons. The van der Waals surface area contributed by atoms with Gasteiger partial charge >= 0.3 is 0 Å². The lowest BCUT2D eigenvalue weighted by molar-refractivity contribution is -0.140. The summed E-state index contributed by atoms with van der Waals surface area (Å²) in [6.45, 7) is 4.77. The van der Waals surface area contributed by atoms with Crippen molar-refractivity contribution < 1.29 is 23.8 Å².